The molecule has 7 nitrogen and oxygen atoms in total. The minimum atomic E-state index is -0.935. The molecule has 2 aromatic carbocycles. The molecule has 8 heteroatoms. The molecule has 2 atom stereocenters. The Bertz CT molecular complexity index is 1180. The summed E-state index contributed by atoms with van der Waals surface area (Å²) in [7, 11) is 0. The molecule has 0 aliphatic carbocycles. The largest absolute Gasteiger partial charge is 0.427 e. The highest BCUT2D eigenvalue weighted by Crippen LogP contribution is 2.33. The predicted octanol–water partition coefficient (Wildman–Crippen LogP) is 4.21. The summed E-state index contributed by atoms with van der Waals surface area (Å²) in [4.78, 5) is 54.1. The lowest BCUT2D eigenvalue weighted by Gasteiger charge is -2.33. The van der Waals surface area contributed by atoms with E-state index in [9.17, 15) is 19.2 Å². The molecule has 0 N–H and O–H groups in total. The molecule has 168 valence electrons. The zero-order valence-corrected chi connectivity index (χ0v) is 19.0. The van der Waals surface area contributed by atoms with Crippen molar-refractivity contribution in [2.24, 2.45) is 0 Å². The fraction of sp³-hybridized carbons (Fsp3) is 0.200. The average Bonchev–Trinajstić information content (AvgIpc) is 3.43. The van der Waals surface area contributed by atoms with Crippen LogP contribution in [0.3, 0.4) is 0 Å². The van der Waals surface area contributed by atoms with Crippen LogP contribution in [0.5, 0.6) is 5.75 Å². The Balaban J connectivity index is 1.66. The number of benzene rings is 2. The van der Waals surface area contributed by atoms with Crippen molar-refractivity contribution in [1.82, 2.24) is 4.90 Å². The Kier molecular flexibility index (Phi) is 6.37. The number of carbonyl (C=O) groups is 4. The van der Waals surface area contributed by atoms with Crippen molar-refractivity contribution in [3.8, 4) is 5.75 Å². The van der Waals surface area contributed by atoms with Crippen LogP contribution in [0.15, 0.2) is 72.1 Å². The van der Waals surface area contributed by atoms with E-state index >= 15 is 0 Å². The number of nitrogens with zero attached hydrogens (tertiary/aromatic N) is 2. The molecule has 0 spiro atoms. The first-order valence-corrected chi connectivity index (χ1v) is 11.3. The monoisotopic (exact) mass is 462 g/mol. The van der Waals surface area contributed by atoms with Gasteiger partial charge in [0, 0.05) is 6.92 Å². The van der Waals surface area contributed by atoms with Gasteiger partial charge < -0.3 is 9.64 Å². The minimum Gasteiger partial charge on any atom is -0.427 e. The third-order valence-corrected chi connectivity index (χ3v) is 6.34. The summed E-state index contributed by atoms with van der Waals surface area (Å²) < 4.78 is 5.02. The van der Waals surface area contributed by atoms with Crippen molar-refractivity contribution in [1.29, 1.82) is 0 Å². The first-order valence-electron chi connectivity index (χ1n) is 10.4. The highest BCUT2D eigenvalue weighted by atomic mass is 32.1. The summed E-state index contributed by atoms with van der Waals surface area (Å²) in [5, 5.41) is 1.80. The lowest BCUT2D eigenvalue weighted by Crippen LogP contribution is -2.46. The van der Waals surface area contributed by atoms with Gasteiger partial charge in [0.2, 0.25) is 5.91 Å². The van der Waals surface area contributed by atoms with E-state index < -0.39 is 29.9 Å². The van der Waals surface area contributed by atoms with Crippen LogP contribution < -0.4 is 9.64 Å². The van der Waals surface area contributed by atoms with Crippen molar-refractivity contribution < 1.29 is 23.9 Å². The molecule has 1 aromatic heterocycles. The Morgan fingerprint density at radius 1 is 1.03 bits per heavy atom. The number of rotatable bonds is 6. The van der Waals surface area contributed by atoms with Crippen LogP contribution >= 0.6 is 11.3 Å². The van der Waals surface area contributed by atoms with Gasteiger partial charge in [-0.15, -0.1) is 11.3 Å². The van der Waals surface area contributed by atoms with Crippen LogP contribution in [-0.2, 0) is 14.4 Å². The molecule has 2 heterocycles. The van der Waals surface area contributed by atoms with Crippen LogP contribution in [0, 0.1) is 0 Å². The smallest absolute Gasteiger partial charge is 0.308 e. The van der Waals surface area contributed by atoms with Gasteiger partial charge in [0.25, 0.3) is 11.8 Å². The van der Waals surface area contributed by atoms with E-state index in [-0.39, 0.29) is 12.3 Å². The van der Waals surface area contributed by atoms with Crippen molar-refractivity contribution in [3.63, 3.8) is 0 Å². The highest BCUT2D eigenvalue weighted by Gasteiger charge is 2.46. The van der Waals surface area contributed by atoms with E-state index in [4.69, 9.17) is 4.74 Å². The van der Waals surface area contributed by atoms with Gasteiger partial charge >= 0.3 is 5.97 Å². The summed E-state index contributed by atoms with van der Waals surface area (Å²) >= 11 is 1.29. The summed E-state index contributed by atoms with van der Waals surface area (Å²) in [5.41, 5.74) is 1.23. The molecule has 3 amide bonds. The van der Waals surface area contributed by atoms with Crippen molar-refractivity contribution in [3.05, 3.63) is 82.6 Å². The van der Waals surface area contributed by atoms with E-state index in [0.717, 1.165) is 10.5 Å². The highest BCUT2D eigenvalue weighted by molar-refractivity contribution is 7.12. The third-order valence-electron chi connectivity index (χ3n) is 5.48. The Morgan fingerprint density at radius 2 is 1.73 bits per heavy atom. The number of anilines is 1. The van der Waals surface area contributed by atoms with Crippen LogP contribution in [-0.4, -0.2) is 34.6 Å². The summed E-state index contributed by atoms with van der Waals surface area (Å²) in [6.45, 7) is 3.15. The Morgan fingerprint density at radius 3 is 2.33 bits per heavy atom. The zero-order valence-electron chi connectivity index (χ0n) is 18.1. The second kappa shape index (κ2) is 9.38. The first kappa shape index (κ1) is 22.4. The average molecular weight is 463 g/mol. The Hall–Kier alpha value is -3.78. The standard InChI is InChI=1S/C25H22N2O5S/c1-16(18-7-4-3-5-8-18)26(25(31)22-9-6-14-33-22)21-15-23(29)27(24(21)30)19-10-12-20(13-11-19)32-17(2)28/h3-14,16,21H,15H2,1-2H3. The number of ether oxygens (including phenoxy) is 1. The topological polar surface area (TPSA) is 84.0 Å². The summed E-state index contributed by atoms with van der Waals surface area (Å²) in [6, 6.07) is 17.7. The molecule has 1 aliphatic heterocycles. The maximum Gasteiger partial charge on any atom is 0.308 e. The van der Waals surface area contributed by atoms with E-state index in [1.807, 2.05) is 37.3 Å². The third kappa shape index (κ3) is 4.56. The number of imide groups is 1. The SMILES string of the molecule is CC(=O)Oc1ccc(N2C(=O)CC(N(C(=O)c3cccs3)C(C)c3ccccc3)C2=O)cc1. The molecule has 1 fully saturated rings. The number of amides is 3. The quantitative estimate of drug-likeness (QED) is 0.311. The number of esters is 1. The molecule has 0 saturated carbocycles. The summed E-state index contributed by atoms with van der Waals surface area (Å²) in [5.74, 6) is -1.30. The van der Waals surface area contributed by atoms with Gasteiger partial charge in [-0.05, 0) is 48.2 Å². The lowest BCUT2D eigenvalue weighted by molar-refractivity contribution is -0.132. The number of hydrogen-bond donors (Lipinski definition) is 0. The second-order valence-electron chi connectivity index (χ2n) is 7.65. The van der Waals surface area contributed by atoms with Crippen LogP contribution in [0.1, 0.15) is 41.5 Å². The lowest BCUT2D eigenvalue weighted by atomic mass is 10.0. The number of thiophene rings is 1. The molecule has 1 aliphatic rings. The van der Waals surface area contributed by atoms with Gasteiger partial charge in [0.1, 0.15) is 11.8 Å². The zero-order chi connectivity index (χ0) is 23.5. The van der Waals surface area contributed by atoms with Crippen molar-refractivity contribution in [2.75, 3.05) is 4.90 Å². The molecule has 0 radical (unpaired) electrons. The van der Waals surface area contributed by atoms with E-state index in [1.165, 1.54) is 35.3 Å². The van der Waals surface area contributed by atoms with Gasteiger partial charge in [-0.1, -0.05) is 36.4 Å². The molecular formula is C25H22N2O5S. The molecular weight excluding hydrogens is 440 g/mol. The van der Waals surface area contributed by atoms with Gasteiger partial charge in [-0.3, -0.25) is 19.2 Å². The van der Waals surface area contributed by atoms with Gasteiger partial charge in [0.15, 0.2) is 0 Å². The van der Waals surface area contributed by atoms with Gasteiger partial charge in [-0.25, -0.2) is 4.90 Å². The van der Waals surface area contributed by atoms with E-state index in [0.29, 0.717) is 16.3 Å². The summed E-state index contributed by atoms with van der Waals surface area (Å²) in [6.07, 6.45) is -0.112. The second-order valence-corrected chi connectivity index (χ2v) is 8.60. The van der Waals surface area contributed by atoms with Gasteiger partial charge in [0.05, 0.1) is 23.0 Å². The van der Waals surface area contributed by atoms with Crippen molar-refractivity contribution >= 4 is 40.7 Å². The van der Waals surface area contributed by atoms with Gasteiger partial charge in [-0.2, -0.15) is 0 Å². The molecule has 33 heavy (non-hydrogen) atoms. The van der Waals surface area contributed by atoms with Crippen molar-refractivity contribution in [2.45, 2.75) is 32.4 Å². The van der Waals surface area contributed by atoms with Crippen LogP contribution in [0.2, 0.25) is 0 Å². The van der Waals surface area contributed by atoms with E-state index in [2.05, 4.69) is 0 Å². The maximum atomic E-state index is 13.5. The normalized spacial score (nSPS) is 16.5. The first-order chi connectivity index (χ1) is 15.9. The fourth-order valence-electron chi connectivity index (χ4n) is 3.94. The van der Waals surface area contributed by atoms with Crippen LogP contribution in [0.4, 0.5) is 5.69 Å². The molecule has 1 saturated heterocycles. The molecule has 0 bridgehead atoms. The molecule has 2 unspecified atom stereocenters. The predicted molar refractivity (Wildman–Crippen MR) is 124 cm³/mol. The van der Waals surface area contributed by atoms with Crippen LogP contribution in [0.25, 0.3) is 0 Å². The minimum absolute atomic E-state index is 0.112. The molecule has 4 rings (SSSR count). The fourth-order valence-corrected chi connectivity index (χ4v) is 4.61. The number of hydrogen-bond acceptors (Lipinski definition) is 6. The molecule has 3 aromatic rings. The Labute approximate surface area is 195 Å². The maximum absolute atomic E-state index is 13.5. The van der Waals surface area contributed by atoms with E-state index in [1.54, 1.807) is 29.6 Å². The number of carbonyl (C=O) groups excluding carboxylic acids is 4.